The first-order valence-electron chi connectivity index (χ1n) is 8.64. The molecule has 1 amide bonds. The van der Waals surface area contributed by atoms with Crippen molar-refractivity contribution >= 4 is 5.91 Å². The van der Waals surface area contributed by atoms with Gasteiger partial charge in [0.15, 0.2) is 0 Å². The number of rotatable bonds is 4. The largest absolute Gasteiger partial charge is 0.391 e. The van der Waals surface area contributed by atoms with Crippen LogP contribution in [0.1, 0.15) is 29.9 Å². The Hall–Kier alpha value is -2.21. The summed E-state index contributed by atoms with van der Waals surface area (Å²) >= 11 is 0. The van der Waals surface area contributed by atoms with Crippen LogP contribution in [0.15, 0.2) is 34.9 Å². The van der Waals surface area contributed by atoms with Gasteiger partial charge in [0.2, 0.25) is 5.91 Å². The molecule has 2 fully saturated rings. The summed E-state index contributed by atoms with van der Waals surface area (Å²) in [5.74, 6) is 0.216. The van der Waals surface area contributed by atoms with Gasteiger partial charge in [0.05, 0.1) is 17.2 Å². The summed E-state index contributed by atoms with van der Waals surface area (Å²) in [5, 5.41) is 14.2. The van der Waals surface area contributed by atoms with Crippen LogP contribution in [0.5, 0.6) is 0 Å². The number of hydrogen-bond donors (Lipinski definition) is 1. The van der Waals surface area contributed by atoms with Gasteiger partial charge in [-0.3, -0.25) is 4.79 Å². The van der Waals surface area contributed by atoms with Crippen LogP contribution in [0.25, 0.3) is 0 Å². The van der Waals surface area contributed by atoms with Gasteiger partial charge in [0.25, 0.3) is 0 Å². The van der Waals surface area contributed by atoms with Crippen molar-refractivity contribution in [2.24, 2.45) is 5.92 Å². The number of halogens is 1. The van der Waals surface area contributed by atoms with E-state index >= 15 is 0 Å². The molecule has 0 bridgehead atoms. The molecule has 0 radical (unpaired) electrons. The van der Waals surface area contributed by atoms with E-state index in [0.717, 1.165) is 5.69 Å². The molecule has 2 aromatic rings. The summed E-state index contributed by atoms with van der Waals surface area (Å²) in [7, 11) is 0. The molecule has 1 saturated carbocycles. The Balaban J connectivity index is 1.49. The second kappa shape index (κ2) is 5.95. The molecule has 6 heteroatoms. The van der Waals surface area contributed by atoms with Gasteiger partial charge in [0.1, 0.15) is 11.6 Å². The number of likely N-dealkylation sites (tertiary alicyclic amines) is 1. The summed E-state index contributed by atoms with van der Waals surface area (Å²) in [5.41, 5.74) is 0.527. The van der Waals surface area contributed by atoms with Crippen LogP contribution in [0.3, 0.4) is 0 Å². The molecule has 4 rings (SSSR count). The fourth-order valence-corrected chi connectivity index (χ4v) is 3.87. The number of aromatic nitrogens is 1. The van der Waals surface area contributed by atoms with Gasteiger partial charge in [-0.2, -0.15) is 0 Å². The minimum absolute atomic E-state index is 0.0760. The molecule has 5 nitrogen and oxygen atoms in total. The van der Waals surface area contributed by atoms with Crippen LogP contribution in [0.4, 0.5) is 4.39 Å². The molecule has 1 aliphatic carbocycles. The number of nitrogens with zero attached hydrogens (tertiary/aromatic N) is 2. The maximum Gasteiger partial charge on any atom is 0.233 e. The highest BCUT2D eigenvalue weighted by Crippen LogP contribution is 2.51. The number of amides is 1. The van der Waals surface area contributed by atoms with Crippen LogP contribution in [-0.2, 0) is 16.6 Å². The molecule has 1 N–H and O–H groups in total. The van der Waals surface area contributed by atoms with Crippen LogP contribution in [-0.4, -0.2) is 40.3 Å². The van der Waals surface area contributed by atoms with E-state index in [1.807, 2.05) is 13.0 Å². The number of benzene rings is 1. The standard InChI is InChI=1S/C19H21FN2O3/c1-12-8-14(25-21-12)9-13-10-22(11-17(13)23)18(24)19(6-7-19)15-4-2-3-5-16(15)20/h2-5,8,13,17,23H,6-7,9-11H2,1H3/t13-,17-/m1/s1. The Morgan fingerprint density at radius 3 is 2.80 bits per heavy atom. The first-order valence-corrected chi connectivity index (χ1v) is 8.64. The fourth-order valence-electron chi connectivity index (χ4n) is 3.87. The Morgan fingerprint density at radius 2 is 2.16 bits per heavy atom. The van der Waals surface area contributed by atoms with Crippen molar-refractivity contribution in [1.82, 2.24) is 10.1 Å². The smallest absolute Gasteiger partial charge is 0.233 e. The average Bonchev–Trinajstić information content (AvgIpc) is 3.17. The second-order valence-electron chi connectivity index (χ2n) is 7.24. The number of β-amino-alcohol motifs (C(OH)–C–C–N with tert-alkyl or cyclic N) is 1. The van der Waals surface area contributed by atoms with Crippen LogP contribution < -0.4 is 0 Å². The molecule has 0 spiro atoms. The fraction of sp³-hybridized carbons (Fsp3) is 0.474. The van der Waals surface area contributed by atoms with Crippen molar-refractivity contribution in [2.75, 3.05) is 13.1 Å². The monoisotopic (exact) mass is 344 g/mol. The highest BCUT2D eigenvalue weighted by Gasteiger charge is 2.55. The van der Waals surface area contributed by atoms with Crippen LogP contribution in [0, 0.1) is 18.7 Å². The molecule has 2 atom stereocenters. The van der Waals surface area contributed by atoms with E-state index in [4.69, 9.17) is 4.52 Å². The molecular weight excluding hydrogens is 323 g/mol. The summed E-state index contributed by atoms with van der Waals surface area (Å²) < 4.78 is 19.4. The summed E-state index contributed by atoms with van der Waals surface area (Å²) in [6.45, 7) is 2.59. The van der Waals surface area contributed by atoms with Crippen LogP contribution in [0.2, 0.25) is 0 Å². The lowest BCUT2D eigenvalue weighted by Crippen LogP contribution is -2.38. The van der Waals surface area contributed by atoms with E-state index in [9.17, 15) is 14.3 Å². The first kappa shape index (κ1) is 16.3. The third-order valence-electron chi connectivity index (χ3n) is 5.38. The molecule has 2 heterocycles. The van der Waals surface area contributed by atoms with Crippen LogP contribution >= 0.6 is 0 Å². The molecule has 25 heavy (non-hydrogen) atoms. The third-order valence-corrected chi connectivity index (χ3v) is 5.38. The van der Waals surface area contributed by atoms with Crippen molar-refractivity contribution < 1.29 is 18.8 Å². The summed E-state index contributed by atoms with van der Waals surface area (Å²) in [6, 6.07) is 8.34. The molecule has 1 aromatic heterocycles. The number of hydrogen-bond acceptors (Lipinski definition) is 4. The Labute approximate surface area is 145 Å². The molecule has 1 aromatic carbocycles. The lowest BCUT2D eigenvalue weighted by atomic mass is 9.93. The molecule has 132 valence electrons. The zero-order valence-corrected chi connectivity index (χ0v) is 14.1. The van der Waals surface area contributed by atoms with Crippen molar-refractivity contribution in [1.29, 1.82) is 0 Å². The molecule has 1 aliphatic heterocycles. The highest BCUT2D eigenvalue weighted by molar-refractivity contribution is 5.91. The van der Waals surface area contributed by atoms with E-state index in [1.54, 1.807) is 23.1 Å². The highest BCUT2D eigenvalue weighted by atomic mass is 19.1. The van der Waals surface area contributed by atoms with Gasteiger partial charge in [-0.25, -0.2) is 4.39 Å². The predicted molar refractivity (Wildman–Crippen MR) is 88.3 cm³/mol. The Morgan fingerprint density at radius 1 is 1.40 bits per heavy atom. The zero-order chi connectivity index (χ0) is 17.6. The van der Waals surface area contributed by atoms with Crippen molar-refractivity contribution in [3.8, 4) is 0 Å². The average molecular weight is 344 g/mol. The van der Waals surface area contributed by atoms with E-state index in [-0.39, 0.29) is 24.2 Å². The van der Waals surface area contributed by atoms with Crippen molar-refractivity contribution in [3.05, 3.63) is 53.2 Å². The van der Waals surface area contributed by atoms with Gasteiger partial charge in [-0.15, -0.1) is 0 Å². The SMILES string of the molecule is Cc1cc(C[C@@H]2CN(C(=O)C3(c4ccccc4F)CC3)C[C@H]2O)on1. The number of aliphatic hydroxyl groups is 1. The number of aliphatic hydroxyl groups excluding tert-OH is 1. The predicted octanol–water partition coefficient (Wildman–Crippen LogP) is 2.22. The molecular formula is C19H21FN2O3. The van der Waals surface area contributed by atoms with E-state index < -0.39 is 11.5 Å². The normalized spacial score (nSPS) is 24.5. The quantitative estimate of drug-likeness (QED) is 0.923. The Kier molecular flexibility index (Phi) is 3.87. The van der Waals surface area contributed by atoms with E-state index in [1.165, 1.54) is 6.07 Å². The lowest BCUT2D eigenvalue weighted by Gasteiger charge is -2.23. The van der Waals surface area contributed by atoms with Gasteiger partial charge in [-0.1, -0.05) is 23.4 Å². The first-order chi connectivity index (χ1) is 12.0. The van der Waals surface area contributed by atoms with E-state index in [2.05, 4.69) is 5.16 Å². The minimum atomic E-state index is -0.747. The van der Waals surface area contributed by atoms with Gasteiger partial charge in [-0.05, 0) is 25.8 Å². The number of aryl methyl sites for hydroxylation is 1. The van der Waals surface area contributed by atoms with Crippen molar-refractivity contribution in [3.63, 3.8) is 0 Å². The van der Waals surface area contributed by atoms with Gasteiger partial charge < -0.3 is 14.5 Å². The van der Waals surface area contributed by atoms with E-state index in [0.29, 0.717) is 37.1 Å². The molecule has 2 aliphatic rings. The third kappa shape index (κ3) is 2.84. The van der Waals surface area contributed by atoms with Gasteiger partial charge >= 0.3 is 0 Å². The summed E-state index contributed by atoms with van der Waals surface area (Å²) in [4.78, 5) is 14.7. The Bertz CT molecular complexity index is 799. The zero-order valence-electron chi connectivity index (χ0n) is 14.1. The maximum atomic E-state index is 14.2. The van der Waals surface area contributed by atoms with Gasteiger partial charge in [0, 0.05) is 37.1 Å². The molecule has 0 unspecified atom stereocenters. The number of carbonyl (C=O) groups is 1. The van der Waals surface area contributed by atoms with Crippen molar-refractivity contribution in [2.45, 2.75) is 37.7 Å². The summed E-state index contributed by atoms with van der Waals surface area (Å²) in [6.07, 6.45) is 1.25. The second-order valence-corrected chi connectivity index (χ2v) is 7.24. The lowest BCUT2D eigenvalue weighted by molar-refractivity contribution is -0.133. The maximum absolute atomic E-state index is 14.2. The molecule has 1 saturated heterocycles. The topological polar surface area (TPSA) is 66.6 Å². The number of carbonyl (C=O) groups excluding carboxylic acids is 1. The minimum Gasteiger partial charge on any atom is -0.391 e.